The van der Waals surface area contributed by atoms with E-state index in [1.807, 2.05) is 0 Å². The van der Waals surface area contributed by atoms with Crippen LogP contribution in [-0.4, -0.2) is 80.7 Å². The van der Waals surface area contributed by atoms with Gasteiger partial charge in [0.25, 0.3) is 5.91 Å². The molecule has 2 aliphatic rings. The second-order valence-electron chi connectivity index (χ2n) is 9.17. The molecule has 1 aromatic rings. The molecule has 0 saturated carbocycles. The standard InChI is InChI=1S/C24H30N6O7S/c25-29-15-10-8-14(9-11-15)21(32)27-16(22(33)34)5-3-4-12-26-19(31)7-2-1-6-18-20-17(13-38-18)30(24(36)37)23(35)28-20/h8-11,16-18,20H,1-7,12-13H2,(H4-,26,27,28,31,32,33,34,35,36,37)/p+1/t16?,17-,18?,20-/m0/s1. The van der Waals surface area contributed by atoms with E-state index < -0.39 is 30.0 Å². The molecular weight excluding hydrogens is 516 g/mol. The minimum atomic E-state index is -1.24. The van der Waals surface area contributed by atoms with Gasteiger partial charge in [0.05, 0.1) is 12.1 Å². The lowest BCUT2D eigenvalue weighted by molar-refractivity contribution is -0.139. The van der Waals surface area contributed by atoms with Gasteiger partial charge in [0.2, 0.25) is 11.3 Å². The number of nitrogens with one attached hydrogen (secondary N) is 3. The Morgan fingerprint density at radius 1 is 1.13 bits per heavy atom. The molecule has 13 nitrogen and oxygen atoms in total. The molecule has 0 radical (unpaired) electrons. The molecule has 2 heterocycles. The van der Waals surface area contributed by atoms with E-state index in [1.54, 1.807) is 11.8 Å². The van der Waals surface area contributed by atoms with Crippen LogP contribution in [0.15, 0.2) is 24.3 Å². The zero-order valence-corrected chi connectivity index (χ0v) is 21.5. The molecule has 0 aliphatic carbocycles. The van der Waals surface area contributed by atoms with Crippen LogP contribution < -0.4 is 16.0 Å². The van der Waals surface area contributed by atoms with Crippen LogP contribution in [0.5, 0.6) is 0 Å². The van der Waals surface area contributed by atoms with Crippen LogP contribution in [-0.2, 0) is 9.59 Å². The summed E-state index contributed by atoms with van der Waals surface area (Å²) in [5, 5.41) is 35.5. The molecule has 2 unspecified atom stereocenters. The Hall–Kier alpha value is -3.86. The molecule has 3 rings (SSSR count). The molecule has 1 aromatic carbocycles. The first-order chi connectivity index (χ1) is 18.2. The third kappa shape index (κ3) is 7.58. The fraction of sp³-hybridized carbons (Fsp3) is 0.542. The third-order valence-corrected chi connectivity index (χ3v) is 8.07. The van der Waals surface area contributed by atoms with Gasteiger partial charge in [-0.15, -0.1) is 0 Å². The normalized spacial score (nSPS) is 20.7. The van der Waals surface area contributed by atoms with Crippen LogP contribution in [0.2, 0.25) is 0 Å². The van der Waals surface area contributed by atoms with Crippen molar-refractivity contribution >= 4 is 47.4 Å². The summed E-state index contributed by atoms with van der Waals surface area (Å²) in [6.45, 7) is 0.393. The molecule has 204 valence electrons. The van der Waals surface area contributed by atoms with Crippen LogP contribution in [0.3, 0.4) is 0 Å². The maximum Gasteiger partial charge on any atom is 0.415 e. The summed E-state index contributed by atoms with van der Waals surface area (Å²) in [5.74, 6) is -1.23. The molecule has 14 heteroatoms. The summed E-state index contributed by atoms with van der Waals surface area (Å²) in [7, 11) is 0. The van der Waals surface area contributed by atoms with E-state index in [1.165, 1.54) is 24.3 Å². The van der Waals surface area contributed by atoms with Gasteiger partial charge in [0, 0.05) is 41.7 Å². The van der Waals surface area contributed by atoms with Crippen molar-refractivity contribution in [2.45, 2.75) is 68.3 Å². The number of carbonyl (C=O) groups is 5. The highest BCUT2D eigenvalue weighted by Crippen LogP contribution is 2.37. The number of thioether (sulfide) groups is 1. The number of diazo groups is 1. The zero-order valence-electron chi connectivity index (χ0n) is 20.7. The summed E-state index contributed by atoms with van der Waals surface area (Å²) in [5.41, 5.74) is 0.523. The number of unbranched alkanes of at least 4 members (excludes halogenated alkanes) is 2. The SMILES string of the molecule is N#[N+]c1ccc(C(=O)NC(CCCCNC(=O)CCCCC2SC[C@H]3[C@@H]2NC(=O)N3C(=O)O)C(=O)O)cc1. The van der Waals surface area contributed by atoms with E-state index in [9.17, 15) is 34.2 Å². The van der Waals surface area contributed by atoms with Gasteiger partial charge in [0.15, 0.2) is 4.98 Å². The lowest BCUT2D eigenvalue weighted by atomic mass is 10.0. The predicted octanol–water partition coefficient (Wildman–Crippen LogP) is 2.76. The highest BCUT2D eigenvalue weighted by molar-refractivity contribution is 8.00. The molecule has 5 amide bonds. The predicted molar refractivity (Wildman–Crippen MR) is 138 cm³/mol. The number of carbonyl (C=O) groups excluding carboxylic acids is 3. The van der Waals surface area contributed by atoms with Crippen molar-refractivity contribution in [3.63, 3.8) is 0 Å². The Morgan fingerprint density at radius 2 is 1.87 bits per heavy atom. The van der Waals surface area contributed by atoms with Crippen molar-refractivity contribution in [3.05, 3.63) is 34.8 Å². The number of fused-ring (bicyclic) bond motifs is 1. The van der Waals surface area contributed by atoms with Crippen molar-refractivity contribution < 1.29 is 34.2 Å². The first kappa shape index (κ1) is 28.7. The van der Waals surface area contributed by atoms with Crippen LogP contribution in [0.1, 0.15) is 55.3 Å². The smallest absolute Gasteiger partial charge is 0.415 e. The van der Waals surface area contributed by atoms with Crippen LogP contribution in [0.25, 0.3) is 4.98 Å². The lowest BCUT2D eigenvalue weighted by Crippen LogP contribution is -2.40. The Labute approximate surface area is 223 Å². The van der Waals surface area contributed by atoms with Gasteiger partial charge in [-0.05, 0) is 44.2 Å². The molecule has 0 aromatic heterocycles. The summed E-state index contributed by atoms with van der Waals surface area (Å²) < 4.78 is 0. The summed E-state index contributed by atoms with van der Waals surface area (Å²) >= 11 is 1.64. The topological polar surface area (TPSA) is 193 Å². The first-order valence-electron chi connectivity index (χ1n) is 12.4. The largest absolute Gasteiger partial charge is 0.480 e. The number of carboxylic acid groups (broad SMARTS) is 2. The average molecular weight is 548 g/mol. The molecule has 4 atom stereocenters. The van der Waals surface area contributed by atoms with E-state index >= 15 is 0 Å². The van der Waals surface area contributed by atoms with Gasteiger partial charge in [-0.25, -0.2) is 19.3 Å². The molecule has 0 bridgehead atoms. The number of carboxylic acids is 1. The van der Waals surface area contributed by atoms with E-state index in [0.717, 1.165) is 17.7 Å². The number of aliphatic carboxylic acids is 1. The Morgan fingerprint density at radius 3 is 2.53 bits per heavy atom. The average Bonchev–Trinajstić information content (AvgIpc) is 3.42. The van der Waals surface area contributed by atoms with E-state index in [2.05, 4.69) is 20.9 Å². The molecule has 5 N–H and O–H groups in total. The van der Waals surface area contributed by atoms with Crippen LogP contribution >= 0.6 is 11.8 Å². The number of amides is 5. The Kier molecular flexibility index (Phi) is 10.3. The lowest BCUT2D eigenvalue weighted by Gasteiger charge is -2.17. The van der Waals surface area contributed by atoms with Crippen LogP contribution in [0, 0.1) is 5.39 Å². The van der Waals surface area contributed by atoms with Gasteiger partial charge in [-0.3, -0.25) is 9.59 Å². The zero-order chi connectivity index (χ0) is 27.7. The second-order valence-corrected chi connectivity index (χ2v) is 10.4. The molecular formula is C24H31N6O7S+. The summed E-state index contributed by atoms with van der Waals surface area (Å²) in [4.78, 5) is 62.9. The van der Waals surface area contributed by atoms with Gasteiger partial charge in [-0.1, -0.05) is 6.42 Å². The molecule has 2 saturated heterocycles. The molecule has 2 fully saturated rings. The number of hydrogen-bond acceptors (Lipinski definition) is 7. The maximum atomic E-state index is 12.3. The van der Waals surface area contributed by atoms with E-state index in [4.69, 9.17) is 5.39 Å². The number of urea groups is 1. The maximum absolute atomic E-state index is 12.3. The molecule has 38 heavy (non-hydrogen) atoms. The van der Waals surface area contributed by atoms with E-state index in [0.29, 0.717) is 38.0 Å². The minimum absolute atomic E-state index is 0.102. The third-order valence-electron chi connectivity index (χ3n) is 6.58. The van der Waals surface area contributed by atoms with Crippen molar-refractivity contribution in [1.29, 1.82) is 5.39 Å². The fourth-order valence-corrected chi connectivity index (χ4v) is 6.15. The number of imide groups is 1. The fourth-order valence-electron chi connectivity index (χ4n) is 4.56. The van der Waals surface area contributed by atoms with Gasteiger partial charge >= 0.3 is 23.8 Å². The molecule has 0 spiro atoms. The van der Waals surface area contributed by atoms with Crippen molar-refractivity contribution in [3.8, 4) is 0 Å². The number of rotatable bonds is 13. The monoisotopic (exact) mass is 547 g/mol. The van der Waals surface area contributed by atoms with Gasteiger partial charge < -0.3 is 26.2 Å². The minimum Gasteiger partial charge on any atom is -0.480 e. The van der Waals surface area contributed by atoms with Crippen molar-refractivity contribution in [2.75, 3.05) is 12.3 Å². The Bertz CT molecular complexity index is 1090. The number of benzene rings is 1. The van der Waals surface area contributed by atoms with E-state index in [-0.39, 0.29) is 40.9 Å². The Balaban J connectivity index is 1.27. The first-order valence-corrected chi connectivity index (χ1v) is 13.5. The molecule has 2 aliphatic heterocycles. The highest BCUT2D eigenvalue weighted by atomic mass is 32.2. The summed E-state index contributed by atoms with van der Waals surface area (Å²) in [6, 6.07) is 3.55. The highest BCUT2D eigenvalue weighted by Gasteiger charge is 2.50. The quantitative estimate of drug-likeness (QED) is 0.140. The second kappa shape index (κ2) is 13.6. The van der Waals surface area contributed by atoms with Gasteiger partial charge in [0.1, 0.15) is 6.04 Å². The van der Waals surface area contributed by atoms with Crippen LogP contribution in [0.4, 0.5) is 15.3 Å². The number of nitrogens with zero attached hydrogens (tertiary/aromatic N) is 3. The van der Waals surface area contributed by atoms with Crippen molar-refractivity contribution in [1.82, 2.24) is 20.9 Å². The van der Waals surface area contributed by atoms with Crippen molar-refractivity contribution in [2.24, 2.45) is 0 Å². The summed E-state index contributed by atoms with van der Waals surface area (Å²) in [6.07, 6.45) is 2.56. The number of hydrogen-bond donors (Lipinski definition) is 5. The van der Waals surface area contributed by atoms with Gasteiger partial charge in [-0.2, -0.15) is 11.8 Å².